The van der Waals surface area contributed by atoms with Crippen LogP contribution < -0.4 is 15.1 Å². The summed E-state index contributed by atoms with van der Waals surface area (Å²) in [6.07, 6.45) is 4.99. The van der Waals surface area contributed by atoms with E-state index in [9.17, 15) is 4.79 Å². The van der Waals surface area contributed by atoms with Gasteiger partial charge in [-0.25, -0.2) is 4.79 Å². The van der Waals surface area contributed by atoms with E-state index in [-0.39, 0.29) is 5.63 Å². The molecule has 2 aromatic carbocycles. The summed E-state index contributed by atoms with van der Waals surface area (Å²) in [5, 5.41) is 0.964. The van der Waals surface area contributed by atoms with Crippen molar-refractivity contribution in [1.29, 1.82) is 0 Å². The number of ether oxygens (including phenoxy) is 2. The Morgan fingerprint density at radius 2 is 1.83 bits per heavy atom. The van der Waals surface area contributed by atoms with E-state index in [4.69, 9.17) is 13.9 Å². The lowest BCUT2D eigenvalue weighted by molar-refractivity contribution is 0.0581. The summed E-state index contributed by atoms with van der Waals surface area (Å²) < 4.78 is 17.2. The number of hydrogen-bond acceptors (Lipinski definition) is 5. The van der Waals surface area contributed by atoms with Crippen LogP contribution in [-0.2, 0) is 6.54 Å². The molecule has 0 spiro atoms. The molecule has 0 atom stereocenters. The lowest BCUT2D eigenvalue weighted by Crippen LogP contribution is -2.39. The highest BCUT2D eigenvalue weighted by Gasteiger charge is 2.29. The van der Waals surface area contributed by atoms with Crippen molar-refractivity contribution >= 4 is 11.0 Å². The molecule has 1 aromatic heterocycles. The lowest BCUT2D eigenvalue weighted by Gasteiger charge is -2.33. The van der Waals surface area contributed by atoms with Crippen molar-refractivity contribution in [3.8, 4) is 22.6 Å². The molecule has 0 saturated heterocycles. The van der Waals surface area contributed by atoms with Gasteiger partial charge in [-0.2, -0.15) is 0 Å². The van der Waals surface area contributed by atoms with Crippen molar-refractivity contribution in [1.82, 2.24) is 4.90 Å². The first-order valence-electron chi connectivity index (χ1n) is 10.3. The van der Waals surface area contributed by atoms with Crippen LogP contribution in [0.2, 0.25) is 0 Å². The SMILES string of the molecule is COc1ccc(-c2c(C)c3ccc4c(c3oc2=O)CN(C2CCCC2)CO4)cc1. The highest BCUT2D eigenvalue weighted by Crippen LogP contribution is 2.37. The number of benzene rings is 2. The summed E-state index contributed by atoms with van der Waals surface area (Å²) in [5.41, 5.74) is 3.70. The maximum atomic E-state index is 13.0. The van der Waals surface area contributed by atoms with Crippen LogP contribution in [-0.4, -0.2) is 24.8 Å². The van der Waals surface area contributed by atoms with E-state index in [1.165, 1.54) is 25.7 Å². The molecule has 29 heavy (non-hydrogen) atoms. The Bertz CT molecular complexity index is 1110. The summed E-state index contributed by atoms with van der Waals surface area (Å²) in [7, 11) is 1.63. The van der Waals surface area contributed by atoms with Crippen LogP contribution in [0.3, 0.4) is 0 Å². The van der Waals surface area contributed by atoms with Gasteiger partial charge in [0.15, 0.2) is 0 Å². The minimum atomic E-state index is -0.313. The van der Waals surface area contributed by atoms with Crippen molar-refractivity contribution in [2.24, 2.45) is 0 Å². The highest BCUT2D eigenvalue weighted by molar-refractivity contribution is 5.90. The van der Waals surface area contributed by atoms with Gasteiger partial charge in [0.05, 0.1) is 18.2 Å². The molecule has 5 rings (SSSR count). The number of fused-ring (bicyclic) bond motifs is 3. The van der Waals surface area contributed by atoms with E-state index in [1.54, 1.807) is 7.11 Å². The highest BCUT2D eigenvalue weighted by atomic mass is 16.5. The van der Waals surface area contributed by atoms with Crippen LogP contribution in [0.4, 0.5) is 0 Å². The maximum absolute atomic E-state index is 13.0. The molecule has 1 saturated carbocycles. The Balaban J connectivity index is 1.61. The van der Waals surface area contributed by atoms with Crippen LogP contribution in [0.5, 0.6) is 11.5 Å². The van der Waals surface area contributed by atoms with Gasteiger partial charge in [-0.05, 0) is 55.2 Å². The molecule has 0 bridgehead atoms. The molecule has 1 aliphatic heterocycles. The number of rotatable bonds is 3. The number of nitrogens with zero attached hydrogens (tertiary/aromatic N) is 1. The van der Waals surface area contributed by atoms with Crippen molar-refractivity contribution < 1.29 is 13.9 Å². The number of hydrogen-bond donors (Lipinski definition) is 0. The average molecular weight is 391 g/mol. The third-order valence-electron chi connectivity index (χ3n) is 6.36. The summed E-state index contributed by atoms with van der Waals surface area (Å²) >= 11 is 0. The molecule has 0 unspecified atom stereocenters. The fraction of sp³-hybridized carbons (Fsp3) is 0.375. The third kappa shape index (κ3) is 3.10. The lowest BCUT2D eigenvalue weighted by atomic mass is 9.97. The van der Waals surface area contributed by atoms with Crippen LogP contribution in [0.15, 0.2) is 45.6 Å². The molecular formula is C24H25NO4. The van der Waals surface area contributed by atoms with Gasteiger partial charge in [-0.3, -0.25) is 4.90 Å². The zero-order valence-corrected chi connectivity index (χ0v) is 16.9. The summed E-state index contributed by atoms with van der Waals surface area (Å²) in [4.78, 5) is 15.4. The fourth-order valence-corrected chi connectivity index (χ4v) is 4.74. The molecule has 5 nitrogen and oxygen atoms in total. The largest absolute Gasteiger partial charge is 0.497 e. The quantitative estimate of drug-likeness (QED) is 0.596. The Kier molecular flexibility index (Phi) is 4.55. The molecule has 2 heterocycles. The Hall–Kier alpha value is -2.79. The molecule has 0 radical (unpaired) electrons. The zero-order chi connectivity index (χ0) is 20.0. The topological polar surface area (TPSA) is 51.9 Å². The molecule has 1 aliphatic carbocycles. The van der Waals surface area contributed by atoms with Gasteiger partial charge in [0.1, 0.15) is 23.8 Å². The summed E-state index contributed by atoms with van der Waals surface area (Å²) in [6.45, 7) is 3.36. The monoisotopic (exact) mass is 391 g/mol. The standard InChI is InChI=1S/C24H25NO4/c1-15-19-11-12-21-20(13-25(14-28-21)17-5-3-4-6-17)23(19)29-24(26)22(15)16-7-9-18(27-2)10-8-16/h7-12,17H,3-6,13-14H2,1-2H3. The van der Waals surface area contributed by atoms with Crippen LogP contribution >= 0.6 is 0 Å². The van der Waals surface area contributed by atoms with Gasteiger partial charge >= 0.3 is 5.63 Å². The van der Waals surface area contributed by atoms with Gasteiger partial charge in [-0.15, -0.1) is 0 Å². The van der Waals surface area contributed by atoms with Crippen molar-refractivity contribution in [3.63, 3.8) is 0 Å². The fourth-order valence-electron chi connectivity index (χ4n) is 4.74. The van der Waals surface area contributed by atoms with Crippen LogP contribution in [0, 0.1) is 6.92 Å². The second kappa shape index (κ2) is 7.23. The van der Waals surface area contributed by atoms with Gasteiger partial charge in [0.25, 0.3) is 0 Å². The first-order valence-corrected chi connectivity index (χ1v) is 10.3. The van der Waals surface area contributed by atoms with E-state index >= 15 is 0 Å². The van der Waals surface area contributed by atoms with E-state index in [0.717, 1.165) is 40.1 Å². The molecule has 2 aliphatic rings. The van der Waals surface area contributed by atoms with E-state index in [0.29, 0.717) is 23.9 Å². The van der Waals surface area contributed by atoms with E-state index in [1.807, 2.05) is 43.3 Å². The molecule has 0 amide bonds. The summed E-state index contributed by atoms with van der Waals surface area (Å²) in [5.74, 6) is 1.58. The van der Waals surface area contributed by atoms with Gasteiger partial charge < -0.3 is 13.9 Å². The van der Waals surface area contributed by atoms with Crippen molar-refractivity contribution in [2.45, 2.75) is 45.2 Å². The molecule has 5 heteroatoms. The summed E-state index contributed by atoms with van der Waals surface area (Å²) in [6, 6.07) is 12.1. The normalized spacial score (nSPS) is 17.3. The second-order valence-corrected chi connectivity index (χ2v) is 8.00. The predicted molar refractivity (Wildman–Crippen MR) is 113 cm³/mol. The second-order valence-electron chi connectivity index (χ2n) is 8.00. The van der Waals surface area contributed by atoms with Crippen molar-refractivity contribution in [3.05, 3.63) is 57.9 Å². The first kappa shape index (κ1) is 18.3. The molecule has 150 valence electrons. The van der Waals surface area contributed by atoms with Gasteiger partial charge in [0, 0.05) is 18.0 Å². The molecule has 3 aromatic rings. The Morgan fingerprint density at radius 3 is 2.55 bits per heavy atom. The minimum Gasteiger partial charge on any atom is -0.497 e. The third-order valence-corrected chi connectivity index (χ3v) is 6.36. The average Bonchev–Trinajstić information content (AvgIpc) is 3.29. The molecule has 0 N–H and O–H groups in total. The maximum Gasteiger partial charge on any atom is 0.344 e. The molecule has 1 fully saturated rings. The van der Waals surface area contributed by atoms with Crippen molar-refractivity contribution in [2.75, 3.05) is 13.8 Å². The first-order chi connectivity index (χ1) is 14.2. The predicted octanol–water partition coefficient (Wildman–Crippen LogP) is 4.87. The van der Waals surface area contributed by atoms with Crippen LogP contribution in [0.1, 0.15) is 36.8 Å². The minimum absolute atomic E-state index is 0.313. The number of aryl methyl sites for hydroxylation is 1. The van der Waals surface area contributed by atoms with E-state index in [2.05, 4.69) is 4.90 Å². The Morgan fingerprint density at radius 1 is 1.07 bits per heavy atom. The smallest absolute Gasteiger partial charge is 0.344 e. The van der Waals surface area contributed by atoms with Gasteiger partial charge in [0.2, 0.25) is 0 Å². The van der Waals surface area contributed by atoms with E-state index < -0.39 is 0 Å². The Labute approximate surface area is 169 Å². The zero-order valence-electron chi connectivity index (χ0n) is 16.9. The van der Waals surface area contributed by atoms with Gasteiger partial charge in [-0.1, -0.05) is 25.0 Å². The number of methoxy groups -OCH3 is 1. The van der Waals surface area contributed by atoms with Crippen LogP contribution in [0.25, 0.3) is 22.1 Å². The molecular weight excluding hydrogens is 366 g/mol.